The zero-order valence-electron chi connectivity index (χ0n) is 9.84. The van der Waals surface area contributed by atoms with E-state index in [1.54, 1.807) is 25.3 Å². The van der Waals surface area contributed by atoms with Crippen LogP contribution in [0, 0.1) is 3.57 Å². The molecule has 100 valence electrons. The van der Waals surface area contributed by atoms with Gasteiger partial charge in [0.25, 0.3) is 5.56 Å². The molecule has 2 rings (SSSR count). The van der Waals surface area contributed by atoms with E-state index in [1.165, 1.54) is 0 Å². The number of hydrogen-bond acceptors (Lipinski definition) is 3. The lowest BCUT2D eigenvalue weighted by Gasteiger charge is -2.07. The van der Waals surface area contributed by atoms with E-state index < -0.39 is 0 Å². The Labute approximate surface area is 133 Å². The number of nitrogens with one attached hydrogen (secondary N) is 1. The largest absolute Gasteiger partial charge is 0.378 e. The second-order valence-corrected chi connectivity index (χ2v) is 5.72. The molecule has 0 amide bonds. The third-order valence-corrected chi connectivity index (χ3v) is 3.90. The molecule has 0 aliphatic carbocycles. The number of halogens is 3. The van der Waals surface area contributed by atoms with Crippen molar-refractivity contribution in [1.82, 2.24) is 9.97 Å². The third-order valence-electron chi connectivity index (χ3n) is 2.35. The van der Waals surface area contributed by atoms with Gasteiger partial charge in [0.2, 0.25) is 0 Å². The van der Waals surface area contributed by atoms with Gasteiger partial charge in [-0.25, -0.2) is 4.98 Å². The Kier molecular flexibility index (Phi) is 4.83. The number of H-pyrrole nitrogens is 1. The van der Waals surface area contributed by atoms with Gasteiger partial charge in [-0.3, -0.25) is 4.79 Å². The fourth-order valence-corrected chi connectivity index (χ4v) is 2.50. The molecule has 0 bridgehead atoms. The molecule has 0 spiro atoms. The van der Waals surface area contributed by atoms with Crippen LogP contribution in [0.25, 0.3) is 11.4 Å². The second-order valence-electron chi connectivity index (χ2n) is 3.77. The maximum atomic E-state index is 11.9. The molecule has 4 nitrogen and oxygen atoms in total. The summed E-state index contributed by atoms with van der Waals surface area (Å²) in [6.07, 6.45) is 0. The number of ether oxygens (including phenoxy) is 1. The Balaban J connectivity index is 2.59. The van der Waals surface area contributed by atoms with Crippen molar-refractivity contribution in [2.75, 3.05) is 7.11 Å². The number of hydrogen-bond donors (Lipinski definition) is 1. The topological polar surface area (TPSA) is 55.0 Å². The first-order valence-corrected chi connectivity index (χ1v) is 7.09. The Bertz CT molecular complexity index is 653. The summed E-state index contributed by atoms with van der Waals surface area (Å²) in [6, 6.07) is 5.00. The molecule has 2 aromatic rings. The molecule has 1 heterocycles. The van der Waals surface area contributed by atoms with Gasteiger partial charge in [0.15, 0.2) is 0 Å². The summed E-state index contributed by atoms with van der Waals surface area (Å²) in [5.74, 6) is 0.418. The van der Waals surface area contributed by atoms with Crippen molar-refractivity contribution >= 4 is 45.8 Å². The molecule has 0 radical (unpaired) electrons. The number of nitrogens with zero attached hydrogens (tertiary/aromatic N) is 1. The van der Waals surface area contributed by atoms with Crippen LogP contribution in [0.1, 0.15) is 5.69 Å². The van der Waals surface area contributed by atoms with Crippen LogP contribution >= 0.6 is 45.8 Å². The van der Waals surface area contributed by atoms with Crippen LogP contribution in [-0.2, 0) is 11.3 Å². The number of methoxy groups -OCH3 is 1. The van der Waals surface area contributed by atoms with Crippen molar-refractivity contribution in [3.8, 4) is 11.4 Å². The van der Waals surface area contributed by atoms with Crippen molar-refractivity contribution in [3.63, 3.8) is 0 Å². The van der Waals surface area contributed by atoms with E-state index in [4.69, 9.17) is 27.9 Å². The van der Waals surface area contributed by atoms with Gasteiger partial charge in [0.1, 0.15) is 9.39 Å². The Morgan fingerprint density at radius 2 is 1.95 bits per heavy atom. The van der Waals surface area contributed by atoms with Gasteiger partial charge in [-0.05, 0) is 40.8 Å². The predicted octanol–water partition coefficient (Wildman–Crippen LogP) is 3.49. The zero-order chi connectivity index (χ0) is 14.0. The number of aromatic nitrogens is 2. The maximum Gasteiger partial charge on any atom is 0.264 e. The van der Waals surface area contributed by atoms with Crippen LogP contribution in [0.2, 0.25) is 10.0 Å². The summed E-state index contributed by atoms with van der Waals surface area (Å²) in [5.41, 5.74) is 1.02. The van der Waals surface area contributed by atoms with Gasteiger partial charge in [0.05, 0.1) is 12.3 Å². The van der Waals surface area contributed by atoms with Gasteiger partial charge in [-0.15, -0.1) is 0 Å². The molecule has 0 saturated carbocycles. The molecule has 1 N–H and O–H groups in total. The van der Waals surface area contributed by atoms with E-state index in [-0.39, 0.29) is 12.2 Å². The Morgan fingerprint density at radius 3 is 2.53 bits per heavy atom. The zero-order valence-corrected chi connectivity index (χ0v) is 13.5. The molecular weight excluding hydrogens is 402 g/mol. The van der Waals surface area contributed by atoms with E-state index in [0.717, 1.165) is 0 Å². The highest BCUT2D eigenvalue weighted by Gasteiger charge is 2.11. The summed E-state index contributed by atoms with van der Waals surface area (Å²) in [6.45, 7) is 0.267. The van der Waals surface area contributed by atoms with Gasteiger partial charge in [-0.1, -0.05) is 23.2 Å². The average molecular weight is 411 g/mol. The minimum absolute atomic E-state index is 0.214. The van der Waals surface area contributed by atoms with E-state index in [0.29, 0.717) is 30.7 Å². The summed E-state index contributed by atoms with van der Waals surface area (Å²) in [4.78, 5) is 18.9. The van der Waals surface area contributed by atoms with Crippen LogP contribution in [0.3, 0.4) is 0 Å². The number of benzene rings is 1. The van der Waals surface area contributed by atoms with Crippen molar-refractivity contribution in [3.05, 3.63) is 47.9 Å². The van der Waals surface area contributed by atoms with Gasteiger partial charge in [0, 0.05) is 22.7 Å². The first kappa shape index (κ1) is 14.8. The minimum Gasteiger partial charge on any atom is -0.378 e. The smallest absolute Gasteiger partial charge is 0.264 e. The maximum absolute atomic E-state index is 11.9. The van der Waals surface area contributed by atoms with Gasteiger partial charge < -0.3 is 9.72 Å². The van der Waals surface area contributed by atoms with E-state index in [2.05, 4.69) is 9.97 Å². The third kappa shape index (κ3) is 3.47. The van der Waals surface area contributed by atoms with E-state index >= 15 is 0 Å². The molecule has 1 aromatic carbocycles. The fraction of sp³-hybridized carbons (Fsp3) is 0.167. The standard InChI is InChI=1S/C12H9Cl2IN2O2/c1-19-5-9-10(15)12(18)17-11(16-9)6-2-7(13)4-8(14)3-6/h2-4H,5H2,1H3,(H,16,17,18). The van der Waals surface area contributed by atoms with Gasteiger partial charge >= 0.3 is 0 Å². The lowest BCUT2D eigenvalue weighted by molar-refractivity contribution is 0.180. The molecule has 19 heavy (non-hydrogen) atoms. The molecule has 0 unspecified atom stereocenters. The molecule has 7 heteroatoms. The Morgan fingerprint density at radius 1 is 1.32 bits per heavy atom. The van der Waals surface area contributed by atoms with Crippen molar-refractivity contribution < 1.29 is 4.74 Å². The predicted molar refractivity (Wildman–Crippen MR) is 83.7 cm³/mol. The van der Waals surface area contributed by atoms with Crippen LogP contribution in [0.4, 0.5) is 0 Å². The highest BCUT2D eigenvalue weighted by atomic mass is 127. The first-order valence-electron chi connectivity index (χ1n) is 5.25. The summed E-state index contributed by atoms with van der Waals surface area (Å²) < 4.78 is 5.54. The Hall–Kier alpha value is -0.630. The van der Waals surface area contributed by atoms with Crippen LogP contribution in [0.15, 0.2) is 23.0 Å². The van der Waals surface area contributed by atoms with E-state index in [9.17, 15) is 4.79 Å². The van der Waals surface area contributed by atoms with Crippen LogP contribution in [0.5, 0.6) is 0 Å². The monoisotopic (exact) mass is 410 g/mol. The SMILES string of the molecule is COCc1nc(-c2cc(Cl)cc(Cl)c2)[nH]c(=O)c1I. The molecular formula is C12H9Cl2IN2O2. The van der Waals surface area contributed by atoms with Crippen LogP contribution < -0.4 is 5.56 Å². The molecule has 0 saturated heterocycles. The quantitative estimate of drug-likeness (QED) is 0.788. The van der Waals surface area contributed by atoms with Crippen molar-refractivity contribution in [2.45, 2.75) is 6.61 Å². The second kappa shape index (κ2) is 6.21. The molecule has 1 aromatic heterocycles. The number of aromatic amines is 1. The number of rotatable bonds is 3. The first-order chi connectivity index (χ1) is 9.01. The van der Waals surface area contributed by atoms with Crippen LogP contribution in [-0.4, -0.2) is 17.1 Å². The summed E-state index contributed by atoms with van der Waals surface area (Å²) >= 11 is 13.8. The lowest BCUT2D eigenvalue weighted by atomic mass is 10.2. The summed E-state index contributed by atoms with van der Waals surface area (Å²) in [5, 5.41) is 0.967. The average Bonchev–Trinajstić information content (AvgIpc) is 2.33. The van der Waals surface area contributed by atoms with Crippen molar-refractivity contribution in [1.29, 1.82) is 0 Å². The molecule has 0 aliphatic heterocycles. The minimum atomic E-state index is -0.214. The van der Waals surface area contributed by atoms with Gasteiger partial charge in [-0.2, -0.15) is 0 Å². The normalized spacial score (nSPS) is 10.7. The highest BCUT2D eigenvalue weighted by molar-refractivity contribution is 14.1. The fourth-order valence-electron chi connectivity index (χ4n) is 1.57. The lowest BCUT2D eigenvalue weighted by Crippen LogP contribution is -2.16. The van der Waals surface area contributed by atoms with E-state index in [1.807, 2.05) is 22.6 Å². The molecule has 0 aliphatic rings. The highest BCUT2D eigenvalue weighted by Crippen LogP contribution is 2.25. The summed E-state index contributed by atoms with van der Waals surface area (Å²) in [7, 11) is 1.55. The molecule has 0 fully saturated rings. The van der Waals surface area contributed by atoms with Crippen molar-refractivity contribution in [2.24, 2.45) is 0 Å². The molecule has 0 atom stereocenters.